The fraction of sp³-hybridized carbons (Fsp3) is 0.389. The van der Waals surface area contributed by atoms with Crippen molar-refractivity contribution < 1.29 is 13.6 Å². The van der Waals surface area contributed by atoms with E-state index in [2.05, 4.69) is 30.3 Å². The smallest absolute Gasteiger partial charge is 0.288 e. The molecule has 1 fully saturated rings. The second kappa shape index (κ2) is 6.77. The summed E-state index contributed by atoms with van der Waals surface area (Å²) in [4.78, 5) is 25.8. The van der Waals surface area contributed by atoms with E-state index in [1.807, 2.05) is 0 Å². The second-order valence-electron chi connectivity index (χ2n) is 6.85. The molecule has 10 heteroatoms. The molecule has 1 saturated heterocycles. The molecule has 0 unspecified atom stereocenters. The van der Waals surface area contributed by atoms with E-state index in [0.717, 1.165) is 44.4 Å². The van der Waals surface area contributed by atoms with Crippen molar-refractivity contribution in [3.8, 4) is 5.82 Å². The molecule has 3 aromatic rings. The fourth-order valence-electron chi connectivity index (χ4n) is 3.25. The van der Waals surface area contributed by atoms with E-state index in [4.69, 9.17) is 0 Å². The lowest BCUT2D eigenvalue weighted by Crippen LogP contribution is -2.19. The van der Waals surface area contributed by atoms with E-state index in [9.17, 15) is 13.6 Å². The van der Waals surface area contributed by atoms with E-state index in [0.29, 0.717) is 17.2 Å². The second-order valence-corrected chi connectivity index (χ2v) is 6.85. The van der Waals surface area contributed by atoms with Crippen molar-refractivity contribution in [2.75, 3.05) is 23.3 Å². The summed E-state index contributed by atoms with van der Waals surface area (Å²) < 4.78 is 28.9. The molecule has 146 valence electrons. The molecular formula is C18H19F2N7O. The summed E-state index contributed by atoms with van der Waals surface area (Å²) in [7, 11) is 0. The van der Waals surface area contributed by atoms with Crippen LogP contribution in [-0.4, -0.2) is 43.7 Å². The number of rotatable bonds is 4. The number of fused-ring (bicyclic) bond motifs is 1. The van der Waals surface area contributed by atoms with Crippen LogP contribution >= 0.6 is 0 Å². The van der Waals surface area contributed by atoms with Crippen LogP contribution in [0.5, 0.6) is 0 Å². The Hall–Kier alpha value is -3.17. The average molecular weight is 387 g/mol. The number of hydrogen-bond acceptors (Lipinski definition) is 6. The Morgan fingerprint density at radius 3 is 2.64 bits per heavy atom. The van der Waals surface area contributed by atoms with Gasteiger partial charge in [-0.25, -0.2) is 14.6 Å². The normalized spacial score (nSPS) is 14.6. The number of nitrogens with one attached hydrogen (secondary N) is 1. The van der Waals surface area contributed by atoms with Crippen LogP contribution in [-0.2, 0) is 10.7 Å². The Labute approximate surface area is 159 Å². The number of amides is 1. The highest BCUT2D eigenvalue weighted by molar-refractivity contribution is 5.95. The SMILES string of the molecule is CC(=O)Nc1cc2c(cn1)c(N1CCCC1)nn2-c1cncc(C(C)(F)F)n1. The number of anilines is 2. The van der Waals surface area contributed by atoms with Gasteiger partial charge < -0.3 is 10.2 Å². The zero-order chi connectivity index (χ0) is 19.9. The third-order valence-electron chi connectivity index (χ3n) is 4.54. The summed E-state index contributed by atoms with van der Waals surface area (Å²) in [6.45, 7) is 3.88. The number of hydrogen-bond donors (Lipinski definition) is 1. The van der Waals surface area contributed by atoms with Gasteiger partial charge in [-0.1, -0.05) is 0 Å². The number of aromatic nitrogens is 5. The van der Waals surface area contributed by atoms with Crippen LogP contribution in [0.3, 0.4) is 0 Å². The molecular weight excluding hydrogens is 368 g/mol. The number of carbonyl (C=O) groups is 1. The predicted octanol–water partition coefficient (Wildman–Crippen LogP) is 2.88. The van der Waals surface area contributed by atoms with Gasteiger partial charge in [-0.15, -0.1) is 5.10 Å². The van der Waals surface area contributed by atoms with Gasteiger partial charge in [-0.3, -0.25) is 9.78 Å². The zero-order valence-corrected chi connectivity index (χ0v) is 15.5. The molecule has 0 atom stereocenters. The highest BCUT2D eigenvalue weighted by atomic mass is 19.3. The van der Waals surface area contributed by atoms with Crippen molar-refractivity contribution in [3.63, 3.8) is 0 Å². The van der Waals surface area contributed by atoms with Gasteiger partial charge in [-0.2, -0.15) is 8.78 Å². The summed E-state index contributed by atoms with van der Waals surface area (Å²) in [5.41, 5.74) is 0.166. The lowest BCUT2D eigenvalue weighted by Gasteiger charge is -2.14. The Balaban J connectivity index is 1.89. The molecule has 3 aromatic heterocycles. The van der Waals surface area contributed by atoms with Gasteiger partial charge >= 0.3 is 0 Å². The number of halogens is 2. The fourth-order valence-corrected chi connectivity index (χ4v) is 3.25. The lowest BCUT2D eigenvalue weighted by molar-refractivity contribution is -0.114. The Kier molecular flexibility index (Phi) is 4.40. The van der Waals surface area contributed by atoms with Crippen molar-refractivity contribution in [3.05, 3.63) is 30.4 Å². The summed E-state index contributed by atoms with van der Waals surface area (Å²) in [5, 5.41) is 8.01. The number of carbonyl (C=O) groups excluding carboxylic acids is 1. The molecule has 0 radical (unpaired) electrons. The highest BCUT2D eigenvalue weighted by Gasteiger charge is 2.28. The topological polar surface area (TPSA) is 88.8 Å². The summed E-state index contributed by atoms with van der Waals surface area (Å²) in [6.07, 6.45) is 6.17. The third-order valence-corrected chi connectivity index (χ3v) is 4.54. The van der Waals surface area contributed by atoms with Crippen LogP contribution in [0.1, 0.15) is 32.4 Å². The Morgan fingerprint density at radius 1 is 1.21 bits per heavy atom. The minimum atomic E-state index is -3.12. The molecule has 4 rings (SSSR count). The molecule has 4 heterocycles. The third kappa shape index (κ3) is 3.37. The van der Waals surface area contributed by atoms with Crippen LogP contribution in [0.15, 0.2) is 24.7 Å². The van der Waals surface area contributed by atoms with E-state index >= 15 is 0 Å². The van der Waals surface area contributed by atoms with Crippen LogP contribution in [0.2, 0.25) is 0 Å². The largest absolute Gasteiger partial charge is 0.355 e. The van der Waals surface area contributed by atoms with Gasteiger partial charge in [0.2, 0.25) is 5.91 Å². The van der Waals surface area contributed by atoms with Gasteiger partial charge in [0, 0.05) is 39.2 Å². The molecule has 28 heavy (non-hydrogen) atoms. The average Bonchev–Trinajstić information content (AvgIpc) is 3.28. The Bertz CT molecular complexity index is 1040. The molecule has 1 aliphatic rings. The van der Waals surface area contributed by atoms with Crippen LogP contribution in [0, 0.1) is 0 Å². The van der Waals surface area contributed by atoms with Gasteiger partial charge in [-0.05, 0) is 12.8 Å². The van der Waals surface area contributed by atoms with Crippen LogP contribution in [0.25, 0.3) is 16.7 Å². The molecule has 0 aliphatic carbocycles. The van der Waals surface area contributed by atoms with Crippen molar-refractivity contribution in [2.45, 2.75) is 32.6 Å². The zero-order valence-electron chi connectivity index (χ0n) is 15.5. The molecule has 1 aliphatic heterocycles. The summed E-state index contributed by atoms with van der Waals surface area (Å²) in [6, 6.07) is 1.65. The van der Waals surface area contributed by atoms with Crippen LogP contribution < -0.4 is 10.2 Å². The monoisotopic (exact) mass is 387 g/mol. The first-order valence-electron chi connectivity index (χ1n) is 8.95. The first kappa shape index (κ1) is 18.2. The van der Waals surface area contributed by atoms with E-state index < -0.39 is 11.6 Å². The van der Waals surface area contributed by atoms with Gasteiger partial charge in [0.15, 0.2) is 11.6 Å². The van der Waals surface area contributed by atoms with Gasteiger partial charge in [0.25, 0.3) is 5.92 Å². The molecule has 0 spiro atoms. The van der Waals surface area contributed by atoms with Gasteiger partial charge in [0.1, 0.15) is 11.5 Å². The van der Waals surface area contributed by atoms with Crippen molar-refractivity contribution in [1.82, 2.24) is 24.7 Å². The number of pyridine rings is 1. The van der Waals surface area contributed by atoms with Crippen molar-refractivity contribution in [1.29, 1.82) is 0 Å². The molecule has 8 nitrogen and oxygen atoms in total. The van der Waals surface area contributed by atoms with Gasteiger partial charge in [0.05, 0.1) is 23.3 Å². The minimum absolute atomic E-state index is 0.175. The number of alkyl halides is 2. The van der Waals surface area contributed by atoms with E-state index in [-0.39, 0.29) is 11.7 Å². The van der Waals surface area contributed by atoms with E-state index in [1.54, 1.807) is 12.3 Å². The summed E-state index contributed by atoms with van der Waals surface area (Å²) in [5.74, 6) is -2.14. The van der Waals surface area contributed by atoms with E-state index in [1.165, 1.54) is 17.8 Å². The summed E-state index contributed by atoms with van der Waals surface area (Å²) >= 11 is 0. The minimum Gasteiger partial charge on any atom is -0.355 e. The Morgan fingerprint density at radius 2 is 1.96 bits per heavy atom. The van der Waals surface area contributed by atoms with Crippen LogP contribution in [0.4, 0.5) is 20.4 Å². The maximum Gasteiger partial charge on any atom is 0.288 e. The van der Waals surface area contributed by atoms with Crippen molar-refractivity contribution >= 4 is 28.4 Å². The maximum atomic E-state index is 13.7. The predicted molar refractivity (Wildman–Crippen MR) is 99.8 cm³/mol. The maximum absolute atomic E-state index is 13.7. The first-order chi connectivity index (χ1) is 13.3. The molecule has 0 bridgehead atoms. The first-order valence-corrected chi connectivity index (χ1v) is 8.95. The molecule has 0 aromatic carbocycles. The number of nitrogens with zero attached hydrogens (tertiary/aromatic N) is 6. The highest BCUT2D eigenvalue weighted by Crippen LogP contribution is 2.32. The lowest BCUT2D eigenvalue weighted by atomic mass is 10.3. The van der Waals surface area contributed by atoms with Crippen molar-refractivity contribution in [2.24, 2.45) is 0 Å². The molecule has 1 N–H and O–H groups in total. The molecule has 1 amide bonds. The standard InChI is InChI=1S/C18H19F2N7O/c1-11(28)23-15-7-13-12(8-22-15)17(26-5-3-4-6-26)25-27(13)16-10-21-9-14(24-16)18(2,19)20/h7-10H,3-6H2,1-2H3,(H,22,23,28). The molecule has 0 saturated carbocycles. The quantitative estimate of drug-likeness (QED) is 0.741.